The molecule has 1 aliphatic carbocycles. The molecule has 1 aromatic carbocycles. The molecule has 0 amide bonds. The highest BCUT2D eigenvalue weighted by molar-refractivity contribution is 5.42. The Labute approximate surface area is 120 Å². The van der Waals surface area contributed by atoms with Crippen LogP contribution in [0, 0.1) is 5.41 Å². The largest absolute Gasteiger partial charge is 0.496 e. The van der Waals surface area contributed by atoms with Gasteiger partial charge in [-0.1, -0.05) is 13.8 Å². The van der Waals surface area contributed by atoms with Gasteiger partial charge in [0.2, 0.25) is 0 Å². The number of aliphatic hydroxyl groups is 1. The third-order valence-electron chi connectivity index (χ3n) is 4.08. The van der Waals surface area contributed by atoms with Crippen molar-refractivity contribution >= 4 is 0 Å². The summed E-state index contributed by atoms with van der Waals surface area (Å²) in [5.74, 6) is 2.04. The fourth-order valence-electron chi connectivity index (χ4n) is 2.72. The molecule has 0 radical (unpaired) electrons. The molecule has 0 aromatic heterocycles. The first-order valence-corrected chi connectivity index (χ1v) is 7.04. The van der Waals surface area contributed by atoms with Gasteiger partial charge in [0.25, 0.3) is 0 Å². The Bertz CT molecular complexity index is 434. The summed E-state index contributed by atoms with van der Waals surface area (Å²) in [5, 5.41) is 10.4. The van der Waals surface area contributed by atoms with Crippen molar-refractivity contribution in [1.82, 2.24) is 0 Å². The molecule has 1 N–H and O–H groups in total. The highest BCUT2D eigenvalue weighted by Crippen LogP contribution is 2.38. The van der Waals surface area contributed by atoms with Gasteiger partial charge < -0.3 is 19.3 Å². The van der Waals surface area contributed by atoms with E-state index in [-0.39, 0.29) is 11.5 Å². The van der Waals surface area contributed by atoms with Crippen LogP contribution in [-0.2, 0) is 0 Å². The van der Waals surface area contributed by atoms with Crippen LogP contribution in [0.25, 0.3) is 0 Å². The number of ether oxygens (including phenoxy) is 3. The highest BCUT2D eigenvalue weighted by Gasteiger charge is 2.39. The van der Waals surface area contributed by atoms with E-state index in [1.54, 1.807) is 20.3 Å². The Morgan fingerprint density at radius 3 is 2.15 bits per heavy atom. The minimum Gasteiger partial charge on any atom is -0.496 e. The molecule has 1 fully saturated rings. The van der Waals surface area contributed by atoms with Gasteiger partial charge in [0.15, 0.2) is 0 Å². The Hall–Kier alpha value is -1.42. The second-order valence-corrected chi connectivity index (χ2v) is 6.03. The molecule has 0 heterocycles. The molecule has 1 aliphatic rings. The summed E-state index contributed by atoms with van der Waals surface area (Å²) in [6.07, 6.45) is 2.30. The summed E-state index contributed by atoms with van der Waals surface area (Å²) in [6, 6.07) is 5.43. The lowest BCUT2D eigenvalue weighted by Gasteiger charge is -2.40. The van der Waals surface area contributed by atoms with Crippen LogP contribution in [0.3, 0.4) is 0 Å². The molecule has 0 saturated heterocycles. The summed E-state index contributed by atoms with van der Waals surface area (Å²) < 4.78 is 16.4. The van der Waals surface area contributed by atoms with Gasteiger partial charge in [-0.2, -0.15) is 0 Å². The summed E-state index contributed by atoms with van der Waals surface area (Å²) in [6.45, 7) is 4.17. The molecule has 0 spiro atoms. The van der Waals surface area contributed by atoms with Gasteiger partial charge in [0.1, 0.15) is 23.4 Å². The number of hydrogen-bond donors (Lipinski definition) is 1. The van der Waals surface area contributed by atoms with E-state index < -0.39 is 6.10 Å². The van der Waals surface area contributed by atoms with Crippen LogP contribution in [-0.4, -0.2) is 31.5 Å². The average Bonchev–Trinajstić information content (AvgIpc) is 2.43. The van der Waals surface area contributed by atoms with E-state index in [1.165, 1.54) is 0 Å². The quantitative estimate of drug-likeness (QED) is 0.921. The first kappa shape index (κ1) is 15.0. The van der Waals surface area contributed by atoms with Crippen LogP contribution in [0.5, 0.6) is 17.2 Å². The Morgan fingerprint density at radius 2 is 1.60 bits per heavy atom. The van der Waals surface area contributed by atoms with Crippen molar-refractivity contribution in [2.45, 2.75) is 45.3 Å². The van der Waals surface area contributed by atoms with Gasteiger partial charge in [-0.25, -0.2) is 0 Å². The molecular weight excluding hydrogens is 256 g/mol. The first-order chi connectivity index (χ1) is 9.46. The molecule has 2 atom stereocenters. The molecule has 2 rings (SSSR count). The lowest BCUT2D eigenvalue weighted by molar-refractivity contribution is -0.0690. The third kappa shape index (κ3) is 3.18. The number of methoxy groups -OCH3 is 2. The molecule has 0 aliphatic heterocycles. The van der Waals surface area contributed by atoms with Crippen molar-refractivity contribution in [1.29, 1.82) is 0 Å². The van der Waals surface area contributed by atoms with Crippen LogP contribution in [0.2, 0.25) is 0 Å². The maximum atomic E-state index is 10.4. The van der Waals surface area contributed by atoms with Crippen LogP contribution < -0.4 is 14.2 Å². The van der Waals surface area contributed by atoms with Crippen LogP contribution in [0.4, 0.5) is 0 Å². The molecule has 20 heavy (non-hydrogen) atoms. The minimum absolute atomic E-state index is 0.105. The Balaban J connectivity index is 2.16. The molecule has 1 saturated carbocycles. The second kappa shape index (κ2) is 5.92. The molecule has 112 valence electrons. The van der Waals surface area contributed by atoms with Crippen molar-refractivity contribution in [3.63, 3.8) is 0 Å². The predicted octanol–water partition coefficient (Wildman–Crippen LogP) is 3.02. The maximum Gasteiger partial charge on any atom is 0.127 e. The lowest BCUT2D eigenvalue weighted by atomic mass is 9.73. The van der Waals surface area contributed by atoms with E-state index in [0.717, 1.165) is 19.3 Å². The van der Waals surface area contributed by atoms with Crippen LogP contribution in [0.15, 0.2) is 18.2 Å². The first-order valence-electron chi connectivity index (χ1n) is 7.04. The minimum atomic E-state index is -0.464. The summed E-state index contributed by atoms with van der Waals surface area (Å²) in [7, 11) is 3.22. The fourth-order valence-corrected chi connectivity index (χ4v) is 2.72. The highest BCUT2D eigenvalue weighted by atomic mass is 16.5. The zero-order valence-corrected chi connectivity index (χ0v) is 12.7. The summed E-state index contributed by atoms with van der Waals surface area (Å²) >= 11 is 0. The van der Waals surface area contributed by atoms with Gasteiger partial charge in [-0.15, -0.1) is 0 Å². The van der Waals surface area contributed by atoms with E-state index in [1.807, 2.05) is 12.1 Å². The van der Waals surface area contributed by atoms with Crippen LogP contribution >= 0.6 is 0 Å². The summed E-state index contributed by atoms with van der Waals surface area (Å²) in [4.78, 5) is 0. The van der Waals surface area contributed by atoms with E-state index in [0.29, 0.717) is 17.2 Å². The lowest BCUT2D eigenvalue weighted by Crippen LogP contribution is -2.46. The second-order valence-electron chi connectivity index (χ2n) is 6.03. The number of benzene rings is 1. The smallest absolute Gasteiger partial charge is 0.127 e. The van der Waals surface area contributed by atoms with Crippen LogP contribution in [0.1, 0.15) is 33.1 Å². The Kier molecular flexibility index (Phi) is 4.43. The maximum absolute atomic E-state index is 10.4. The molecular formula is C16H24O4. The fraction of sp³-hybridized carbons (Fsp3) is 0.625. The van der Waals surface area contributed by atoms with Gasteiger partial charge >= 0.3 is 0 Å². The molecule has 2 unspecified atom stereocenters. The van der Waals surface area contributed by atoms with E-state index in [4.69, 9.17) is 14.2 Å². The number of aliphatic hydroxyl groups excluding tert-OH is 1. The average molecular weight is 280 g/mol. The van der Waals surface area contributed by atoms with Gasteiger partial charge in [-0.05, 0) is 24.7 Å². The SMILES string of the molecule is COc1cc(OC)cc(OC2CCCC(C)(C)C2O)c1. The number of rotatable bonds is 4. The van der Waals surface area contributed by atoms with Crippen molar-refractivity contribution in [2.24, 2.45) is 5.41 Å². The topological polar surface area (TPSA) is 47.9 Å². The van der Waals surface area contributed by atoms with Crippen molar-refractivity contribution in [2.75, 3.05) is 14.2 Å². The Morgan fingerprint density at radius 1 is 1.05 bits per heavy atom. The molecule has 0 bridgehead atoms. The van der Waals surface area contributed by atoms with Crippen molar-refractivity contribution in [3.8, 4) is 17.2 Å². The van der Waals surface area contributed by atoms with E-state index in [9.17, 15) is 5.11 Å². The van der Waals surface area contributed by atoms with Gasteiger partial charge in [0, 0.05) is 18.2 Å². The summed E-state index contributed by atoms with van der Waals surface area (Å²) in [5.41, 5.74) is -0.105. The normalized spacial score (nSPS) is 25.1. The van der Waals surface area contributed by atoms with Crippen molar-refractivity contribution < 1.29 is 19.3 Å². The monoisotopic (exact) mass is 280 g/mol. The van der Waals surface area contributed by atoms with Crippen molar-refractivity contribution in [3.05, 3.63) is 18.2 Å². The van der Waals surface area contributed by atoms with E-state index in [2.05, 4.69) is 13.8 Å². The predicted molar refractivity (Wildman–Crippen MR) is 77.6 cm³/mol. The molecule has 1 aromatic rings. The third-order valence-corrected chi connectivity index (χ3v) is 4.08. The van der Waals surface area contributed by atoms with E-state index >= 15 is 0 Å². The molecule has 4 heteroatoms. The molecule has 4 nitrogen and oxygen atoms in total. The number of hydrogen-bond acceptors (Lipinski definition) is 4. The van der Waals surface area contributed by atoms with Gasteiger partial charge in [0.05, 0.1) is 20.3 Å². The zero-order valence-electron chi connectivity index (χ0n) is 12.7. The van der Waals surface area contributed by atoms with Gasteiger partial charge in [-0.3, -0.25) is 0 Å². The standard InChI is InChI=1S/C16H24O4/c1-16(2)7-5-6-14(15(16)17)20-13-9-11(18-3)8-12(10-13)19-4/h8-10,14-15,17H,5-7H2,1-4H3. The zero-order chi connectivity index (χ0) is 14.8.